The van der Waals surface area contributed by atoms with Crippen LogP contribution in [0.2, 0.25) is 0 Å². The van der Waals surface area contributed by atoms with Gasteiger partial charge in [-0.15, -0.1) is 0 Å². The SMILES string of the molecule is O=C(NCc1cccnc1)Nc1cc(N2CC(c3ccccc3)CC2=O)ccn1. The number of carbonyl (C=O) groups excluding carboxylic acids is 2. The van der Waals surface area contributed by atoms with Crippen molar-refractivity contribution in [2.75, 3.05) is 16.8 Å². The monoisotopic (exact) mass is 387 g/mol. The van der Waals surface area contributed by atoms with Gasteiger partial charge in [-0.05, 0) is 23.3 Å². The molecule has 3 aromatic rings. The maximum atomic E-state index is 12.6. The number of hydrogen-bond acceptors (Lipinski definition) is 4. The lowest BCUT2D eigenvalue weighted by molar-refractivity contribution is -0.117. The third-order valence-corrected chi connectivity index (χ3v) is 4.87. The Morgan fingerprint density at radius 2 is 1.97 bits per heavy atom. The largest absolute Gasteiger partial charge is 0.334 e. The summed E-state index contributed by atoms with van der Waals surface area (Å²) in [4.78, 5) is 34.7. The molecular formula is C22H21N5O2. The minimum Gasteiger partial charge on any atom is -0.334 e. The summed E-state index contributed by atoms with van der Waals surface area (Å²) in [6, 6.07) is 16.9. The third kappa shape index (κ3) is 4.57. The number of carbonyl (C=O) groups is 2. The molecule has 4 rings (SSSR count). The molecule has 0 radical (unpaired) electrons. The molecule has 0 bridgehead atoms. The van der Waals surface area contributed by atoms with Crippen molar-refractivity contribution in [1.82, 2.24) is 15.3 Å². The van der Waals surface area contributed by atoms with Crippen LogP contribution in [-0.4, -0.2) is 28.5 Å². The molecule has 1 aliphatic rings. The van der Waals surface area contributed by atoms with Gasteiger partial charge in [0.15, 0.2) is 0 Å². The van der Waals surface area contributed by atoms with Gasteiger partial charge in [0.1, 0.15) is 5.82 Å². The molecule has 29 heavy (non-hydrogen) atoms. The lowest BCUT2D eigenvalue weighted by Crippen LogP contribution is -2.29. The first kappa shape index (κ1) is 18.6. The summed E-state index contributed by atoms with van der Waals surface area (Å²) in [5.41, 5.74) is 2.79. The minimum atomic E-state index is -0.367. The zero-order valence-electron chi connectivity index (χ0n) is 15.8. The van der Waals surface area contributed by atoms with Crippen LogP contribution in [0, 0.1) is 0 Å². The average Bonchev–Trinajstić information content (AvgIpc) is 3.15. The van der Waals surface area contributed by atoms with Crippen molar-refractivity contribution >= 4 is 23.4 Å². The second kappa shape index (κ2) is 8.52. The summed E-state index contributed by atoms with van der Waals surface area (Å²) >= 11 is 0. The zero-order valence-corrected chi connectivity index (χ0v) is 15.8. The highest BCUT2D eigenvalue weighted by Gasteiger charge is 2.31. The summed E-state index contributed by atoms with van der Waals surface area (Å²) in [5.74, 6) is 0.621. The standard InChI is InChI=1S/C22H21N5O2/c28-21-11-18(17-6-2-1-3-7-17)15-27(21)19-8-10-24-20(12-19)26-22(29)25-14-16-5-4-9-23-13-16/h1-10,12-13,18H,11,14-15H2,(H2,24,25,26,29). The average molecular weight is 387 g/mol. The Morgan fingerprint density at radius 1 is 1.10 bits per heavy atom. The number of nitrogens with zero attached hydrogens (tertiary/aromatic N) is 3. The number of urea groups is 1. The molecule has 0 saturated carbocycles. The van der Waals surface area contributed by atoms with Gasteiger partial charge in [-0.25, -0.2) is 9.78 Å². The van der Waals surface area contributed by atoms with Gasteiger partial charge in [0.05, 0.1) is 0 Å². The molecule has 1 aliphatic heterocycles. The Bertz CT molecular complexity index is 994. The predicted molar refractivity (Wildman–Crippen MR) is 110 cm³/mol. The number of amides is 3. The number of aromatic nitrogens is 2. The first-order chi connectivity index (χ1) is 14.2. The molecule has 146 valence electrons. The summed E-state index contributed by atoms with van der Waals surface area (Å²) in [6.45, 7) is 0.974. The normalized spacial score (nSPS) is 15.9. The van der Waals surface area contributed by atoms with Crippen LogP contribution < -0.4 is 15.5 Å². The highest BCUT2D eigenvalue weighted by atomic mass is 16.2. The van der Waals surface area contributed by atoms with Crippen molar-refractivity contribution in [1.29, 1.82) is 0 Å². The van der Waals surface area contributed by atoms with Crippen LogP contribution in [0.15, 0.2) is 73.2 Å². The smallest absolute Gasteiger partial charge is 0.320 e. The predicted octanol–water partition coefficient (Wildman–Crippen LogP) is 3.32. The van der Waals surface area contributed by atoms with Crippen LogP contribution in [0.4, 0.5) is 16.3 Å². The molecule has 7 nitrogen and oxygen atoms in total. The van der Waals surface area contributed by atoms with E-state index in [1.165, 1.54) is 0 Å². The number of anilines is 2. The second-order valence-corrected chi connectivity index (χ2v) is 6.88. The van der Waals surface area contributed by atoms with E-state index in [4.69, 9.17) is 0 Å². The molecule has 1 saturated heterocycles. The van der Waals surface area contributed by atoms with E-state index in [0.717, 1.165) is 16.8 Å². The summed E-state index contributed by atoms with van der Waals surface area (Å²) < 4.78 is 0. The van der Waals surface area contributed by atoms with E-state index >= 15 is 0 Å². The fourth-order valence-corrected chi connectivity index (χ4v) is 3.41. The number of pyridine rings is 2. The Kier molecular flexibility index (Phi) is 5.47. The minimum absolute atomic E-state index is 0.0667. The molecule has 2 N–H and O–H groups in total. The summed E-state index contributed by atoms with van der Waals surface area (Å²) in [5, 5.41) is 5.48. The molecule has 0 aliphatic carbocycles. The van der Waals surface area contributed by atoms with Gasteiger partial charge in [0, 0.05) is 55.8 Å². The van der Waals surface area contributed by atoms with Crippen LogP contribution >= 0.6 is 0 Å². The Morgan fingerprint density at radius 3 is 2.76 bits per heavy atom. The van der Waals surface area contributed by atoms with Crippen molar-refractivity contribution in [2.24, 2.45) is 0 Å². The van der Waals surface area contributed by atoms with Crippen LogP contribution in [0.1, 0.15) is 23.5 Å². The van der Waals surface area contributed by atoms with E-state index in [2.05, 4.69) is 20.6 Å². The Hall–Kier alpha value is -3.74. The molecule has 1 atom stereocenters. The molecule has 3 heterocycles. The Labute approximate surface area is 168 Å². The van der Waals surface area contributed by atoms with Gasteiger partial charge in [-0.2, -0.15) is 0 Å². The van der Waals surface area contributed by atoms with E-state index in [1.807, 2.05) is 42.5 Å². The van der Waals surface area contributed by atoms with E-state index in [9.17, 15) is 9.59 Å². The van der Waals surface area contributed by atoms with Gasteiger partial charge < -0.3 is 10.2 Å². The fraction of sp³-hybridized carbons (Fsp3) is 0.182. The maximum absolute atomic E-state index is 12.6. The van der Waals surface area contributed by atoms with E-state index < -0.39 is 0 Å². The van der Waals surface area contributed by atoms with Crippen LogP contribution in [0.25, 0.3) is 0 Å². The number of nitrogens with one attached hydrogen (secondary N) is 2. The van der Waals surface area contributed by atoms with Crippen molar-refractivity contribution in [3.63, 3.8) is 0 Å². The fourth-order valence-electron chi connectivity index (χ4n) is 3.41. The van der Waals surface area contributed by atoms with Crippen LogP contribution in [0.5, 0.6) is 0 Å². The second-order valence-electron chi connectivity index (χ2n) is 6.88. The van der Waals surface area contributed by atoms with Crippen LogP contribution in [0.3, 0.4) is 0 Å². The molecule has 3 amide bonds. The van der Waals surface area contributed by atoms with Crippen molar-refractivity contribution in [3.8, 4) is 0 Å². The maximum Gasteiger partial charge on any atom is 0.320 e. The van der Waals surface area contributed by atoms with E-state index in [1.54, 1.807) is 35.6 Å². The summed E-state index contributed by atoms with van der Waals surface area (Å²) in [6.07, 6.45) is 5.44. The molecular weight excluding hydrogens is 366 g/mol. The molecule has 0 spiro atoms. The quantitative estimate of drug-likeness (QED) is 0.703. The van der Waals surface area contributed by atoms with Gasteiger partial charge in [-0.1, -0.05) is 36.4 Å². The summed E-state index contributed by atoms with van der Waals surface area (Å²) in [7, 11) is 0. The molecule has 7 heteroatoms. The first-order valence-corrected chi connectivity index (χ1v) is 9.44. The van der Waals surface area contributed by atoms with Gasteiger partial charge in [-0.3, -0.25) is 15.1 Å². The highest BCUT2D eigenvalue weighted by Crippen LogP contribution is 2.32. The molecule has 1 aromatic carbocycles. The van der Waals surface area contributed by atoms with Crippen molar-refractivity contribution in [2.45, 2.75) is 18.9 Å². The number of benzene rings is 1. The molecule has 1 unspecified atom stereocenters. The van der Waals surface area contributed by atoms with Gasteiger partial charge in [0.25, 0.3) is 0 Å². The zero-order chi connectivity index (χ0) is 20.1. The van der Waals surface area contributed by atoms with Crippen molar-refractivity contribution < 1.29 is 9.59 Å². The number of rotatable bonds is 5. The van der Waals surface area contributed by atoms with E-state index in [-0.39, 0.29) is 17.9 Å². The lowest BCUT2D eigenvalue weighted by atomic mass is 9.99. The first-order valence-electron chi connectivity index (χ1n) is 9.44. The molecule has 2 aromatic heterocycles. The Balaban J connectivity index is 1.39. The third-order valence-electron chi connectivity index (χ3n) is 4.87. The lowest BCUT2D eigenvalue weighted by Gasteiger charge is -2.18. The van der Waals surface area contributed by atoms with Gasteiger partial charge in [0.2, 0.25) is 5.91 Å². The van der Waals surface area contributed by atoms with Crippen molar-refractivity contribution in [3.05, 3.63) is 84.3 Å². The highest BCUT2D eigenvalue weighted by molar-refractivity contribution is 5.97. The van der Waals surface area contributed by atoms with Gasteiger partial charge >= 0.3 is 6.03 Å². The van der Waals surface area contributed by atoms with Crippen LogP contribution in [-0.2, 0) is 11.3 Å². The molecule has 1 fully saturated rings. The van der Waals surface area contributed by atoms with E-state index in [0.29, 0.717) is 25.3 Å². The topological polar surface area (TPSA) is 87.2 Å². The number of hydrogen-bond donors (Lipinski definition) is 2.